The van der Waals surface area contributed by atoms with E-state index in [0.717, 1.165) is 39.0 Å². The third-order valence-corrected chi connectivity index (χ3v) is 4.17. The molecule has 1 heterocycles. The molecule has 0 unspecified atom stereocenters. The first-order valence-electron chi connectivity index (χ1n) is 8.60. The lowest BCUT2D eigenvalue weighted by atomic mass is 10.2. The maximum absolute atomic E-state index is 12.0. The normalized spacial score (nSPS) is 15.1. The molecule has 5 nitrogen and oxygen atoms in total. The van der Waals surface area contributed by atoms with Gasteiger partial charge in [-0.15, -0.1) is 0 Å². The number of nitriles is 1. The highest BCUT2D eigenvalue weighted by molar-refractivity contribution is 5.97. The van der Waals surface area contributed by atoms with E-state index in [1.165, 1.54) is 11.3 Å². The van der Waals surface area contributed by atoms with Gasteiger partial charge in [-0.3, -0.25) is 4.79 Å². The lowest BCUT2D eigenvalue weighted by molar-refractivity contribution is -0.117. The molecule has 128 valence electrons. The first-order chi connectivity index (χ1) is 11.6. The van der Waals surface area contributed by atoms with Crippen molar-refractivity contribution in [3.8, 4) is 6.07 Å². The van der Waals surface area contributed by atoms with E-state index in [9.17, 15) is 10.1 Å². The minimum atomic E-state index is -0.271. The summed E-state index contributed by atoms with van der Waals surface area (Å²) >= 11 is 0. The summed E-state index contributed by atoms with van der Waals surface area (Å²) in [7, 11) is 0. The number of rotatable bonds is 6. The lowest BCUT2D eigenvalue weighted by Crippen LogP contribution is -2.44. The molecule has 0 aromatic heterocycles. The van der Waals surface area contributed by atoms with Crippen LogP contribution in [-0.2, 0) is 4.79 Å². The smallest absolute Gasteiger partial charge is 0.263 e. The molecular weight excluding hydrogens is 300 g/mol. The Labute approximate surface area is 144 Å². The van der Waals surface area contributed by atoms with Crippen LogP contribution in [-0.4, -0.2) is 43.5 Å². The highest BCUT2D eigenvalue weighted by atomic mass is 16.1. The van der Waals surface area contributed by atoms with Crippen LogP contribution in [0.25, 0.3) is 0 Å². The molecule has 0 saturated carbocycles. The molecule has 1 aromatic carbocycles. The number of amides is 1. The van der Waals surface area contributed by atoms with Gasteiger partial charge in [0.2, 0.25) is 0 Å². The van der Waals surface area contributed by atoms with E-state index in [0.29, 0.717) is 6.54 Å². The average molecular weight is 326 g/mol. The molecule has 1 fully saturated rings. The van der Waals surface area contributed by atoms with Gasteiger partial charge in [-0.05, 0) is 31.0 Å². The lowest BCUT2D eigenvalue weighted by Gasteiger charge is -2.35. The molecule has 0 atom stereocenters. The van der Waals surface area contributed by atoms with Gasteiger partial charge in [-0.2, -0.15) is 5.26 Å². The maximum atomic E-state index is 12.0. The van der Waals surface area contributed by atoms with E-state index in [1.807, 2.05) is 6.07 Å². The summed E-state index contributed by atoms with van der Waals surface area (Å²) < 4.78 is 0. The molecule has 1 saturated heterocycles. The molecule has 5 heteroatoms. The quantitative estimate of drug-likeness (QED) is 0.495. The number of hydrogen-bond donors (Lipinski definition) is 1. The molecule has 2 rings (SSSR count). The second kappa shape index (κ2) is 8.97. The Morgan fingerprint density at radius 2 is 2.08 bits per heavy atom. The molecule has 1 aliphatic rings. The average Bonchev–Trinajstić information content (AvgIpc) is 2.60. The Morgan fingerprint density at radius 1 is 1.33 bits per heavy atom. The van der Waals surface area contributed by atoms with Gasteiger partial charge in [0.1, 0.15) is 11.6 Å². The number of nitrogens with one attached hydrogen (secondary N) is 1. The number of benzene rings is 1. The number of aryl methyl sites for hydroxylation is 1. The second-order valence-electron chi connectivity index (χ2n) is 6.13. The zero-order valence-corrected chi connectivity index (χ0v) is 14.6. The van der Waals surface area contributed by atoms with Gasteiger partial charge in [0.25, 0.3) is 5.91 Å². The van der Waals surface area contributed by atoms with Crippen LogP contribution in [0.3, 0.4) is 0 Å². The third-order valence-electron chi connectivity index (χ3n) is 4.17. The van der Waals surface area contributed by atoms with Crippen LogP contribution < -0.4 is 10.2 Å². The zero-order chi connectivity index (χ0) is 17.4. The number of hydrogen-bond acceptors (Lipinski definition) is 4. The zero-order valence-electron chi connectivity index (χ0n) is 14.6. The van der Waals surface area contributed by atoms with E-state index in [4.69, 9.17) is 0 Å². The summed E-state index contributed by atoms with van der Waals surface area (Å²) in [5.74, 6) is -0.271. The van der Waals surface area contributed by atoms with Gasteiger partial charge in [0, 0.05) is 44.6 Å². The van der Waals surface area contributed by atoms with Crippen molar-refractivity contribution in [2.24, 2.45) is 0 Å². The molecule has 0 radical (unpaired) electrons. The van der Waals surface area contributed by atoms with E-state index in [1.54, 1.807) is 6.20 Å². The predicted octanol–water partition coefficient (Wildman–Crippen LogP) is 2.44. The van der Waals surface area contributed by atoms with Crippen molar-refractivity contribution in [1.82, 2.24) is 10.2 Å². The molecule has 1 aromatic rings. The first kappa shape index (κ1) is 17.9. The standard InChI is InChI=1S/C19H26N4O/c1-3-4-8-21-19(24)17(14-20)15-22-9-11-23(12-10-22)18-7-5-6-16(2)13-18/h5-7,13,15H,3-4,8-12H2,1-2H3,(H,21,24)/b17-15-. The van der Waals surface area contributed by atoms with Crippen molar-refractivity contribution in [3.05, 3.63) is 41.6 Å². The summed E-state index contributed by atoms with van der Waals surface area (Å²) in [5.41, 5.74) is 2.68. The first-order valence-corrected chi connectivity index (χ1v) is 8.60. The number of nitrogens with zero attached hydrogens (tertiary/aromatic N) is 3. The molecule has 1 amide bonds. The van der Waals surface area contributed by atoms with Gasteiger partial charge in [-0.25, -0.2) is 0 Å². The molecule has 1 N–H and O–H groups in total. The Bertz CT molecular complexity index is 624. The summed E-state index contributed by atoms with van der Waals surface area (Å²) in [4.78, 5) is 16.4. The van der Waals surface area contributed by atoms with Gasteiger partial charge < -0.3 is 15.1 Å². The number of unbranched alkanes of at least 4 members (excludes halogenated alkanes) is 1. The van der Waals surface area contributed by atoms with Gasteiger partial charge in [0.15, 0.2) is 0 Å². The fourth-order valence-corrected chi connectivity index (χ4v) is 2.73. The van der Waals surface area contributed by atoms with Crippen molar-refractivity contribution >= 4 is 11.6 Å². The van der Waals surface area contributed by atoms with Crippen LogP contribution in [0, 0.1) is 18.3 Å². The van der Waals surface area contributed by atoms with Crippen molar-refractivity contribution in [2.75, 3.05) is 37.6 Å². The van der Waals surface area contributed by atoms with Crippen LogP contribution in [0.4, 0.5) is 5.69 Å². The number of piperazine rings is 1. The van der Waals surface area contributed by atoms with Crippen LogP contribution in [0.2, 0.25) is 0 Å². The van der Waals surface area contributed by atoms with E-state index >= 15 is 0 Å². The van der Waals surface area contributed by atoms with E-state index in [-0.39, 0.29) is 11.5 Å². The van der Waals surface area contributed by atoms with Crippen LogP contribution in [0.15, 0.2) is 36.0 Å². The Hall–Kier alpha value is -2.48. The molecule has 0 spiro atoms. The fraction of sp³-hybridized carbons (Fsp3) is 0.474. The fourth-order valence-electron chi connectivity index (χ4n) is 2.73. The van der Waals surface area contributed by atoms with Crippen molar-refractivity contribution in [1.29, 1.82) is 5.26 Å². The summed E-state index contributed by atoms with van der Waals surface area (Å²) in [6.07, 6.45) is 3.65. The summed E-state index contributed by atoms with van der Waals surface area (Å²) in [6.45, 7) is 8.17. The third kappa shape index (κ3) is 5.02. The minimum Gasteiger partial charge on any atom is -0.373 e. The minimum absolute atomic E-state index is 0.190. The van der Waals surface area contributed by atoms with E-state index < -0.39 is 0 Å². The topological polar surface area (TPSA) is 59.4 Å². The molecule has 24 heavy (non-hydrogen) atoms. The number of carbonyl (C=O) groups excluding carboxylic acids is 1. The van der Waals surface area contributed by atoms with Crippen LogP contribution in [0.1, 0.15) is 25.3 Å². The molecule has 1 aliphatic heterocycles. The van der Waals surface area contributed by atoms with Gasteiger partial charge in [0.05, 0.1) is 0 Å². The molecular formula is C19H26N4O. The Kier molecular flexibility index (Phi) is 6.68. The monoisotopic (exact) mass is 326 g/mol. The number of carbonyl (C=O) groups is 1. The SMILES string of the molecule is CCCCNC(=O)/C(C#N)=C\N1CCN(c2cccc(C)c2)CC1. The predicted molar refractivity (Wildman–Crippen MR) is 96.6 cm³/mol. The highest BCUT2D eigenvalue weighted by Crippen LogP contribution is 2.18. The summed E-state index contributed by atoms with van der Waals surface area (Å²) in [5, 5.41) is 12.0. The Morgan fingerprint density at radius 3 is 2.71 bits per heavy atom. The van der Waals surface area contributed by atoms with Gasteiger partial charge >= 0.3 is 0 Å². The number of anilines is 1. The van der Waals surface area contributed by atoms with Crippen molar-refractivity contribution in [2.45, 2.75) is 26.7 Å². The molecule has 0 bridgehead atoms. The van der Waals surface area contributed by atoms with Crippen molar-refractivity contribution in [3.63, 3.8) is 0 Å². The summed E-state index contributed by atoms with van der Waals surface area (Å²) in [6, 6.07) is 10.5. The largest absolute Gasteiger partial charge is 0.373 e. The van der Waals surface area contributed by atoms with Crippen molar-refractivity contribution < 1.29 is 4.79 Å². The van der Waals surface area contributed by atoms with Gasteiger partial charge in [-0.1, -0.05) is 25.5 Å². The van der Waals surface area contributed by atoms with E-state index in [2.05, 4.69) is 53.2 Å². The maximum Gasteiger partial charge on any atom is 0.263 e. The highest BCUT2D eigenvalue weighted by Gasteiger charge is 2.17. The Balaban J connectivity index is 1.90. The second-order valence-corrected chi connectivity index (χ2v) is 6.13. The molecule has 0 aliphatic carbocycles. The van der Waals surface area contributed by atoms with Crippen LogP contribution >= 0.6 is 0 Å². The van der Waals surface area contributed by atoms with Crippen LogP contribution in [0.5, 0.6) is 0 Å².